The number of hydrogen-bond donors (Lipinski definition) is 1. The highest BCUT2D eigenvalue weighted by Crippen LogP contribution is 2.31. The fourth-order valence-electron chi connectivity index (χ4n) is 3.41. The van der Waals surface area contributed by atoms with E-state index in [1.807, 2.05) is 32.0 Å². The zero-order valence-corrected chi connectivity index (χ0v) is 18.2. The van der Waals surface area contributed by atoms with Crippen molar-refractivity contribution in [2.24, 2.45) is 0 Å². The molecule has 1 aliphatic heterocycles. The number of benzene rings is 2. The van der Waals surface area contributed by atoms with Crippen LogP contribution in [0.3, 0.4) is 0 Å². The molecule has 0 radical (unpaired) electrons. The fourth-order valence-corrected chi connectivity index (χ4v) is 3.41. The molecule has 2 amide bonds. The second-order valence-electron chi connectivity index (χ2n) is 7.97. The van der Waals surface area contributed by atoms with Gasteiger partial charge in [-0.15, -0.1) is 0 Å². The monoisotopic (exact) mass is 428 g/mol. The van der Waals surface area contributed by atoms with Gasteiger partial charge in [0, 0.05) is 19.0 Å². The predicted octanol–water partition coefficient (Wildman–Crippen LogP) is 3.47. The Balaban J connectivity index is 1.71. The SMILES string of the molecule is CC(C)NC(=O)C(C)N(Cc1ccc(F)cc1)C(=O)CCc1ccc2c(c1)OCCO2. The number of nitrogens with one attached hydrogen (secondary N) is 1. The molecule has 0 spiro atoms. The third kappa shape index (κ3) is 6.20. The zero-order chi connectivity index (χ0) is 22.4. The molecule has 2 aromatic rings. The number of ether oxygens (including phenoxy) is 2. The number of rotatable bonds is 8. The van der Waals surface area contributed by atoms with Gasteiger partial charge in [-0.25, -0.2) is 4.39 Å². The van der Waals surface area contributed by atoms with Crippen molar-refractivity contribution in [3.05, 3.63) is 59.4 Å². The lowest BCUT2D eigenvalue weighted by atomic mass is 10.1. The molecule has 0 saturated carbocycles. The summed E-state index contributed by atoms with van der Waals surface area (Å²) in [6, 6.07) is 10.9. The van der Waals surface area contributed by atoms with E-state index in [2.05, 4.69) is 5.32 Å². The summed E-state index contributed by atoms with van der Waals surface area (Å²) in [7, 11) is 0. The number of amides is 2. The third-order valence-corrected chi connectivity index (χ3v) is 5.10. The molecular formula is C24H29FN2O4. The average molecular weight is 429 g/mol. The van der Waals surface area contributed by atoms with E-state index in [1.54, 1.807) is 24.0 Å². The summed E-state index contributed by atoms with van der Waals surface area (Å²) < 4.78 is 24.4. The minimum absolute atomic E-state index is 0.0320. The Kier molecular flexibility index (Phi) is 7.50. The molecule has 0 aliphatic carbocycles. The highest BCUT2D eigenvalue weighted by atomic mass is 19.1. The molecule has 31 heavy (non-hydrogen) atoms. The minimum Gasteiger partial charge on any atom is -0.486 e. The van der Waals surface area contributed by atoms with Gasteiger partial charge in [0.1, 0.15) is 25.1 Å². The summed E-state index contributed by atoms with van der Waals surface area (Å²) in [5, 5.41) is 2.86. The minimum atomic E-state index is -0.653. The first kappa shape index (κ1) is 22.6. The van der Waals surface area contributed by atoms with E-state index in [0.29, 0.717) is 31.1 Å². The summed E-state index contributed by atoms with van der Waals surface area (Å²) in [6.45, 7) is 6.72. The lowest BCUT2D eigenvalue weighted by molar-refractivity contribution is -0.140. The van der Waals surface area contributed by atoms with E-state index in [4.69, 9.17) is 9.47 Å². The van der Waals surface area contributed by atoms with Gasteiger partial charge in [0.05, 0.1) is 0 Å². The van der Waals surface area contributed by atoms with E-state index in [0.717, 1.165) is 11.1 Å². The first-order valence-electron chi connectivity index (χ1n) is 10.6. The van der Waals surface area contributed by atoms with Crippen molar-refractivity contribution in [1.82, 2.24) is 10.2 Å². The summed E-state index contributed by atoms with van der Waals surface area (Å²) >= 11 is 0. The van der Waals surface area contributed by atoms with Crippen LogP contribution in [0.25, 0.3) is 0 Å². The predicted molar refractivity (Wildman–Crippen MR) is 115 cm³/mol. The maximum absolute atomic E-state index is 13.3. The molecule has 0 bridgehead atoms. The highest BCUT2D eigenvalue weighted by molar-refractivity contribution is 5.87. The van der Waals surface area contributed by atoms with E-state index in [-0.39, 0.29) is 36.6 Å². The number of nitrogens with zero attached hydrogens (tertiary/aromatic N) is 1. The van der Waals surface area contributed by atoms with Crippen LogP contribution in [0.4, 0.5) is 4.39 Å². The number of carbonyl (C=O) groups excluding carboxylic acids is 2. The van der Waals surface area contributed by atoms with Crippen LogP contribution in [-0.4, -0.2) is 42.0 Å². The molecule has 6 nitrogen and oxygen atoms in total. The number of aryl methyl sites for hydroxylation is 1. The lowest BCUT2D eigenvalue weighted by Crippen LogP contribution is -2.49. The van der Waals surface area contributed by atoms with Crippen molar-refractivity contribution in [2.45, 2.75) is 52.2 Å². The highest BCUT2D eigenvalue weighted by Gasteiger charge is 2.26. The van der Waals surface area contributed by atoms with Crippen LogP contribution in [0.1, 0.15) is 38.3 Å². The molecule has 166 valence electrons. The number of halogens is 1. The van der Waals surface area contributed by atoms with Gasteiger partial charge in [-0.05, 0) is 62.6 Å². The van der Waals surface area contributed by atoms with Crippen LogP contribution in [0.15, 0.2) is 42.5 Å². The van der Waals surface area contributed by atoms with Gasteiger partial charge in [0.2, 0.25) is 11.8 Å². The van der Waals surface area contributed by atoms with E-state index < -0.39 is 6.04 Å². The van der Waals surface area contributed by atoms with Gasteiger partial charge in [0.15, 0.2) is 11.5 Å². The molecular weight excluding hydrogens is 399 g/mol. The van der Waals surface area contributed by atoms with Crippen molar-refractivity contribution >= 4 is 11.8 Å². The van der Waals surface area contributed by atoms with Crippen LogP contribution in [-0.2, 0) is 22.6 Å². The normalized spacial score (nSPS) is 13.6. The number of carbonyl (C=O) groups is 2. The molecule has 3 rings (SSSR count). The molecule has 0 saturated heterocycles. The van der Waals surface area contributed by atoms with Crippen LogP contribution in [0.2, 0.25) is 0 Å². The fraction of sp³-hybridized carbons (Fsp3) is 0.417. The van der Waals surface area contributed by atoms with E-state index in [1.165, 1.54) is 12.1 Å². The topological polar surface area (TPSA) is 67.9 Å². The standard InChI is InChI=1S/C24H29FN2O4/c1-16(2)26-24(29)17(3)27(15-19-4-8-20(25)9-5-19)23(28)11-7-18-6-10-21-22(14-18)31-13-12-30-21/h4-6,8-10,14,16-17H,7,11-13,15H2,1-3H3,(H,26,29). The van der Waals surface area contributed by atoms with Crippen LogP contribution >= 0.6 is 0 Å². The molecule has 1 atom stereocenters. The summed E-state index contributed by atoms with van der Waals surface area (Å²) in [5.74, 6) is 0.684. The van der Waals surface area contributed by atoms with E-state index in [9.17, 15) is 14.0 Å². The third-order valence-electron chi connectivity index (χ3n) is 5.10. The first-order chi connectivity index (χ1) is 14.8. The van der Waals surface area contributed by atoms with E-state index >= 15 is 0 Å². The quantitative estimate of drug-likeness (QED) is 0.699. The Morgan fingerprint density at radius 2 is 1.65 bits per heavy atom. The van der Waals surface area contributed by atoms with Crippen molar-refractivity contribution in [2.75, 3.05) is 13.2 Å². The Morgan fingerprint density at radius 1 is 1.00 bits per heavy atom. The summed E-state index contributed by atoms with van der Waals surface area (Å²) in [4.78, 5) is 27.3. The summed E-state index contributed by atoms with van der Waals surface area (Å²) in [5.41, 5.74) is 1.72. The van der Waals surface area contributed by atoms with Crippen molar-refractivity contribution < 1.29 is 23.5 Å². The van der Waals surface area contributed by atoms with Gasteiger partial charge < -0.3 is 19.7 Å². The van der Waals surface area contributed by atoms with Crippen molar-refractivity contribution in [1.29, 1.82) is 0 Å². The molecule has 1 N–H and O–H groups in total. The van der Waals surface area contributed by atoms with Crippen LogP contribution < -0.4 is 14.8 Å². The first-order valence-corrected chi connectivity index (χ1v) is 10.6. The average Bonchev–Trinajstić information content (AvgIpc) is 2.76. The lowest BCUT2D eigenvalue weighted by Gasteiger charge is -2.29. The molecule has 1 heterocycles. The molecule has 1 aliphatic rings. The Morgan fingerprint density at radius 3 is 2.32 bits per heavy atom. The molecule has 0 fully saturated rings. The second-order valence-corrected chi connectivity index (χ2v) is 7.97. The number of hydrogen-bond acceptors (Lipinski definition) is 4. The van der Waals surface area contributed by atoms with Crippen molar-refractivity contribution in [3.63, 3.8) is 0 Å². The van der Waals surface area contributed by atoms with Crippen LogP contribution in [0.5, 0.6) is 11.5 Å². The summed E-state index contributed by atoms with van der Waals surface area (Å²) in [6.07, 6.45) is 0.744. The number of fused-ring (bicyclic) bond motifs is 1. The molecule has 0 aromatic heterocycles. The largest absolute Gasteiger partial charge is 0.486 e. The Hall–Kier alpha value is -3.09. The molecule has 7 heteroatoms. The second kappa shape index (κ2) is 10.3. The van der Waals surface area contributed by atoms with Gasteiger partial charge in [-0.2, -0.15) is 0 Å². The Bertz CT molecular complexity index is 914. The van der Waals surface area contributed by atoms with Crippen molar-refractivity contribution in [3.8, 4) is 11.5 Å². The molecule has 1 unspecified atom stereocenters. The zero-order valence-electron chi connectivity index (χ0n) is 18.2. The smallest absolute Gasteiger partial charge is 0.242 e. The van der Waals surface area contributed by atoms with Crippen LogP contribution in [0, 0.1) is 5.82 Å². The Labute approximate surface area is 182 Å². The maximum Gasteiger partial charge on any atom is 0.242 e. The van der Waals surface area contributed by atoms with Gasteiger partial charge in [-0.1, -0.05) is 18.2 Å². The maximum atomic E-state index is 13.3. The van der Waals surface area contributed by atoms with Gasteiger partial charge in [-0.3, -0.25) is 9.59 Å². The molecule has 2 aromatic carbocycles. The van der Waals surface area contributed by atoms with Gasteiger partial charge in [0.25, 0.3) is 0 Å². The van der Waals surface area contributed by atoms with Gasteiger partial charge >= 0.3 is 0 Å².